The van der Waals surface area contributed by atoms with E-state index >= 15 is 0 Å². The first-order chi connectivity index (χ1) is 10.3. The molecule has 2 aromatic carbocycles. The molecule has 0 atom stereocenters. The zero-order valence-corrected chi connectivity index (χ0v) is 11.5. The van der Waals surface area contributed by atoms with Crippen LogP contribution in [-0.2, 0) is 13.0 Å². The van der Waals surface area contributed by atoms with Crippen LogP contribution in [0.4, 0.5) is 4.79 Å². The fourth-order valence-corrected chi connectivity index (χ4v) is 2.41. The van der Waals surface area contributed by atoms with E-state index in [0.29, 0.717) is 24.4 Å². The summed E-state index contributed by atoms with van der Waals surface area (Å²) in [4.78, 5) is 13.9. The number of nitriles is 1. The van der Waals surface area contributed by atoms with Crippen molar-refractivity contribution in [2.24, 2.45) is 0 Å². The van der Waals surface area contributed by atoms with E-state index in [1.807, 2.05) is 24.3 Å². The Balaban J connectivity index is 1.68. The molecule has 0 aromatic heterocycles. The fraction of sp³-hybridized carbons (Fsp3) is 0.176. The summed E-state index contributed by atoms with van der Waals surface area (Å²) in [6, 6.07) is 16.7. The van der Waals surface area contributed by atoms with Crippen LogP contribution in [0.2, 0.25) is 0 Å². The highest BCUT2D eigenvalue weighted by Gasteiger charge is 2.21. The number of hydrogen-bond donors (Lipinski definition) is 0. The maximum Gasteiger partial charge on any atom is 0.415 e. The molecule has 4 nitrogen and oxygen atoms in total. The average Bonchev–Trinajstić information content (AvgIpc) is 2.55. The molecule has 0 saturated carbocycles. The Kier molecular flexibility index (Phi) is 3.57. The number of fused-ring (bicyclic) bond motifs is 1. The molecule has 0 unspecified atom stereocenters. The molecule has 0 aliphatic carbocycles. The number of nitrogens with zero attached hydrogens (tertiary/aromatic N) is 2. The Bertz CT molecular complexity index is 701. The summed E-state index contributed by atoms with van der Waals surface area (Å²) in [6.45, 7) is 1.23. The predicted molar refractivity (Wildman–Crippen MR) is 77.7 cm³/mol. The Morgan fingerprint density at radius 2 is 1.81 bits per heavy atom. The molecule has 1 heterocycles. The topological polar surface area (TPSA) is 53.3 Å². The van der Waals surface area contributed by atoms with Crippen molar-refractivity contribution in [2.75, 3.05) is 6.54 Å². The zero-order chi connectivity index (χ0) is 14.7. The van der Waals surface area contributed by atoms with Gasteiger partial charge in [-0.05, 0) is 41.8 Å². The summed E-state index contributed by atoms with van der Waals surface area (Å²) in [5, 5.41) is 8.74. The predicted octanol–water partition coefficient (Wildman–Crippen LogP) is 3.12. The lowest BCUT2D eigenvalue weighted by molar-refractivity contribution is 0.147. The molecule has 0 N–H and O–H groups in total. The van der Waals surface area contributed by atoms with Gasteiger partial charge in [-0.1, -0.05) is 24.3 Å². The minimum Gasteiger partial charge on any atom is -0.410 e. The standard InChI is InChI=1S/C17H14N2O2/c18-11-13-5-7-16(8-6-13)21-17(20)19-10-9-14-3-1-2-4-15(14)12-19/h1-8H,9-10,12H2. The van der Waals surface area contributed by atoms with Gasteiger partial charge < -0.3 is 9.64 Å². The SMILES string of the molecule is N#Cc1ccc(OC(=O)N2CCc3ccccc3C2)cc1. The van der Waals surface area contributed by atoms with Crippen molar-refractivity contribution in [1.29, 1.82) is 5.26 Å². The van der Waals surface area contributed by atoms with Crippen molar-refractivity contribution in [1.82, 2.24) is 4.90 Å². The zero-order valence-electron chi connectivity index (χ0n) is 11.5. The van der Waals surface area contributed by atoms with Crippen molar-refractivity contribution in [3.63, 3.8) is 0 Å². The van der Waals surface area contributed by atoms with Crippen LogP contribution in [-0.4, -0.2) is 17.5 Å². The number of benzene rings is 2. The normalized spacial score (nSPS) is 13.2. The van der Waals surface area contributed by atoms with E-state index in [2.05, 4.69) is 6.07 Å². The number of rotatable bonds is 1. The second-order valence-corrected chi connectivity index (χ2v) is 4.94. The molecule has 0 bridgehead atoms. The van der Waals surface area contributed by atoms with Gasteiger partial charge in [-0.2, -0.15) is 5.26 Å². The largest absolute Gasteiger partial charge is 0.415 e. The van der Waals surface area contributed by atoms with Crippen LogP contribution in [0.1, 0.15) is 16.7 Å². The van der Waals surface area contributed by atoms with Gasteiger partial charge in [0.05, 0.1) is 11.6 Å². The highest BCUT2D eigenvalue weighted by atomic mass is 16.6. The van der Waals surface area contributed by atoms with Crippen LogP contribution >= 0.6 is 0 Å². The molecule has 21 heavy (non-hydrogen) atoms. The van der Waals surface area contributed by atoms with Crippen molar-refractivity contribution >= 4 is 6.09 Å². The van der Waals surface area contributed by atoms with Crippen LogP contribution < -0.4 is 4.74 Å². The Morgan fingerprint density at radius 3 is 2.52 bits per heavy atom. The van der Waals surface area contributed by atoms with Gasteiger partial charge in [0.25, 0.3) is 0 Å². The van der Waals surface area contributed by atoms with Crippen LogP contribution in [0.3, 0.4) is 0 Å². The van der Waals surface area contributed by atoms with Crippen molar-refractivity contribution in [3.8, 4) is 11.8 Å². The second-order valence-electron chi connectivity index (χ2n) is 4.94. The molecule has 0 radical (unpaired) electrons. The quantitative estimate of drug-likeness (QED) is 0.805. The van der Waals surface area contributed by atoms with Gasteiger partial charge in [0, 0.05) is 13.1 Å². The highest BCUT2D eigenvalue weighted by molar-refractivity contribution is 5.71. The molecule has 2 aromatic rings. The lowest BCUT2D eigenvalue weighted by Crippen LogP contribution is -2.37. The molecular weight excluding hydrogens is 264 g/mol. The van der Waals surface area contributed by atoms with E-state index in [4.69, 9.17) is 10.00 Å². The molecule has 4 heteroatoms. The molecule has 104 valence electrons. The summed E-state index contributed by atoms with van der Waals surface area (Å²) in [6.07, 6.45) is 0.493. The number of carbonyl (C=O) groups excluding carboxylic acids is 1. The monoisotopic (exact) mass is 278 g/mol. The van der Waals surface area contributed by atoms with Gasteiger partial charge in [0.1, 0.15) is 5.75 Å². The van der Waals surface area contributed by atoms with Crippen LogP contribution in [0, 0.1) is 11.3 Å². The Hall–Kier alpha value is -2.80. The first kappa shape index (κ1) is 13.2. The minimum atomic E-state index is -0.353. The van der Waals surface area contributed by atoms with E-state index in [9.17, 15) is 4.79 Å². The molecule has 1 aliphatic heterocycles. The van der Waals surface area contributed by atoms with E-state index in [0.717, 1.165) is 6.42 Å². The van der Waals surface area contributed by atoms with Crippen LogP contribution in [0.15, 0.2) is 48.5 Å². The van der Waals surface area contributed by atoms with E-state index < -0.39 is 0 Å². The molecule has 0 saturated heterocycles. The lowest BCUT2D eigenvalue weighted by atomic mass is 10.0. The highest BCUT2D eigenvalue weighted by Crippen LogP contribution is 2.20. The first-order valence-electron chi connectivity index (χ1n) is 6.80. The number of carbonyl (C=O) groups is 1. The lowest BCUT2D eigenvalue weighted by Gasteiger charge is -2.27. The third-order valence-corrected chi connectivity index (χ3v) is 3.58. The van der Waals surface area contributed by atoms with E-state index in [1.165, 1.54) is 11.1 Å². The number of ether oxygens (including phenoxy) is 1. The molecule has 1 aliphatic rings. The molecule has 1 amide bonds. The summed E-state index contributed by atoms with van der Waals surface area (Å²) >= 11 is 0. The molecule has 0 fully saturated rings. The maximum atomic E-state index is 12.2. The minimum absolute atomic E-state index is 0.353. The van der Waals surface area contributed by atoms with Crippen LogP contribution in [0.5, 0.6) is 5.75 Å². The average molecular weight is 278 g/mol. The molecular formula is C17H14N2O2. The third kappa shape index (κ3) is 2.87. The van der Waals surface area contributed by atoms with Gasteiger partial charge >= 0.3 is 6.09 Å². The van der Waals surface area contributed by atoms with E-state index in [-0.39, 0.29) is 6.09 Å². The molecule has 3 rings (SSSR count). The van der Waals surface area contributed by atoms with Gasteiger partial charge in [-0.3, -0.25) is 0 Å². The van der Waals surface area contributed by atoms with Crippen molar-refractivity contribution in [2.45, 2.75) is 13.0 Å². The summed E-state index contributed by atoms with van der Waals surface area (Å²) in [5.41, 5.74) is 3.00. The smallest absolute Gasteiger partial charge is 0.410 e. The maximum absolute atomic E-state index is 12.2. The van der Waals surface area contributed by atoms with Gasteiger partial charge in [0.15, 0.2) is 0 Å². The fourth-order valence-electron chi connectivity index (χ4n) is 2.41. The number of amides is 1. The summed E-state index contributed by atoms with van der Waals surface area (Å²) in [7, 11) is 0. The number of hydrogen-bond acceptors (Lipinski definition) is 3. The Morgan fingerprint density at radius 1 is 1.10 bits per heavy atom. The summed E-state index contributed by atoms with van der Waals surface area (Å²) in [5.74, 6) is 0.456. The van der Waals surface area contributed by atoms with Crippen LogP contribution in [0.25, 0.3) is 0 Å². The van der Waals surface area contributed by atoms with Gasteiger partial charge in [-0.25, -0.2) is 4.79 Å². The van der Waals surface area contributed by atoms with E-state index in [1.54, 1.807) is 29.2 Å². The summed E-state index contributed by atoms with van der Waals surface area (Å²) < 4.78 is 5.35. The third-order valence-electron chi connectivity index (χ3n) is 3.58. The van der Waals surface area contributed by atoms with Crippen molar-refractivity contribution in [3.05, 3.63) is 65.2 Å². The first-order valence-corrected chi connectivity index (χ1v) is 6.80. The van der Waals surface area contributed by atoms with Gasteiger partial charge in [0.2, 0.25) is 0 Å². The Labute approximate surface area is 123 Å². The second kappa shape index (κ2) is 5.68. The molecule has 0 spiro atoms. The van der Waals surface area contributed by atoms with Gasteiger partial charge in [-0.15, -0.1) is 0 Å². The van der Waals surface area contributed by atoms with Crippen molar-refractivity contribution < 1.29 is 9.53 Å².